The number of β-amino-alcohol motifs (C(OH)–C–C–N with tert-alkyl or cyclic N) is 1. The molecule has 36 heavy (non-hydrogen) atoms. The van der Waals surface area contributed by atoms with Crippen LogP contribution in [0.2, 0.25) is 0 Å². The maximum atomic E-state index is 13.1. The van der Waals surface area contributed by atoms with Crippen LogP contribution in [0.25, 0.3) is 16.9 Å². The monoisotopic (exact) mass is 494 g/mol. The second-order valence-corrected chi connectivity index (χ2v) is 10.0. The molecule has 0 radical (unpaired) electrons. The van der Waals surface area contributed by atoms with Gasteiger partial charge in [0.2, 0.25) is 0 Å². The van der Waals surface area contributed by atoms with E-state index in [0.29, 0.717) is 34.9 Å². The summed E-state index contributed by atoms with van der Waals surface area (Å²) in [7, 11) is 0. The molecule has 3 heterocycles. The van der Waals surface area contributed by atoms with Gasteiger partial charge in [-0.25, -0.2) is 9.50 Å². The third-order valence-electron chi connectivity index (χ3n) is 5.91. The van der Waals surface area contributed by atoms with Gasteiger partial charge in [-0.15, -0.1) is 0 Å². The lowest BCUT2D eigenvalue weighted by Gasteiger charge is -2.28. The molecule has 2 atom stereocenters. The third kappa shape index (κ3) is 4.89. The van der Waals surface area contributed by atoms with Crippen molar-refractivity contribution in [3.8, 4) is 22.8 Å². The largest absolute Gasteiger partial charge is 0.493 e. The number of imidazole rings is 1. The minimum Gasteiger partial charge on any atom is -0.493 e. The van der Waals surface area contributed by atoms with Crippen molar-refractivity contribution in [2.24, 2.45) is 5.41 Å². The molecule has 1 aliphatic heterocycles. The molecule has 0 saturated heterocycles. The predicted molar refractivity (Wildman–Crippen MR) is 131 cm³/mol. The molecule has 0 unspecified atom stereocenters. The fourth-order valence-corrected chi connectivity index (χ4v) is 4.26. The van der Waals surface area contributed by atoms with E-state index in [2.05, 4.69) is 31.1 Å². The van der Waals surface area contributed by atoms with Gasteiger partial charge >= 0.3 is 6.61 Å². The molecule has 5 rings (SSSR count). The van der Waals surface area contributed by atoms with Crippen LogP contribution in [-0.4, -0.2) is 39.5 Å². The summed E-state index contributed by atoms with van der Waals surface area (Å²) in [5, 5.41) is 18.7. The van der Waals surface area contributed by atoms with Crippen LogP contribution in [0, 0.1) is 5.41 Å². The fraction of sp³-hybridized carbons (Fsp3) is 0.333. The second-order valence-electron chi connectivity index (χ2n) is 10.0. The molecule has 0 amide bonds. The molecule has 0 saturated carbocycles. The number of benzene rings is 2. The smallest absolute Gasteiger partial charge is 0.387 e. The Labute approximate surface area is 207 Å². The number of hydrogen-bond donors (Lipinski definition) is 2. The number of para-hydroxylation sites is 1. The van der Waals surface area contributed by atoms with Gasteiger partial charge in [0.05, 0.1) is 29.7 Å². The number of nitrogens with one attached hydrogen (secondary N) is 1. The van der Waals surface area contributed by atoms with Crippen molar-refractivity contribution < 1.29 is 23.4 Å². The first-order chi connectivity index (χ1) is 17.2. The zero-order valence-electron chi connectivity index (χ0n) is 20.3. The molecule has 1 aliphatic rings. The Morgan fingerprint density at radius 1 is 1.08 bits per heavy atom. The molecule has 9 heteroatoms. The number of alkyl halides is 2. The summed E-state index contributed by atoms with van der Waals surface area (Å²) >= 11 is 0. The van der Waals surface area contributed by atoms with Crippen LogP contribution in [0.5, 0.6) is 11.5 Å². The Kier molecular flexibility index (Phi) is 6.36. The van der Waals surface area contributed by atoms with Gasteiger partial charge in [-0.2, -0.15) is 13.9 Å². The van der Waals surface area contributed by atoms with E-state index in [4.69, 9.17) is 14.6 Å². The quantitative estimate of drug-likeness (QED) is 0.386. The number of hydrogen-bond acceptors (Lipinski definition) is 6. The number of aromatic nitrogens is 3. The highest BCUT2D eigenvalue weighted by Crippen LogP contribution is 2.37. The van der Waals surface area contributed by atoms with Gasteiger partial charge in [0.25, 0.3) is 0 Å². The van der Waals surface area contributed by atoms with Crippen LogP contribution in [0.15, 0.2) is 60.7 Å². The summed E-state index contributed by atoms with van der Waals surface area (Å²) in [4.78, 5) is 4.60. The predicted octanol–water partition coefficient (Wildman–Crippen LogP) is 5.15. The Morgan fingerprint density at radius 2 is 1.83 bits per heavy atom. The SMILES string of the molecule is CC(C)(C)COc1ccc(-c2ccc3nc4c(n3n2)[C@@H](c2ccccc2OC(F)F)NC[C@H]4O)cc1. The van der Waals surface area contributed by atoms with Crippen LogP contribution < -0.4 is 14.8 Å². The Balaban J connectivity index is 1.54. The molecule has 2 aromatic carbocycles. The summed E-state index contributed by atoms with van der Waals surface area (Å²) in [6.45, 7) is 4.21. The molecule has 2 N–H and O–H groups in total. The second kappa shape index (κ2) is 9.48. The van der Waals surface area contributed by atoms with Gasteiger partial charge in [0.15, 0.2) is 5.65 Å². The van der Waals surface area contributed by atoms with E-state index in [-0.39, 0.29) is 17.7 Å². The van der Waals surface area contributed by atoms with E-state index in [1.165, 1.54) is 6.07 Å². The van der Waals surface area contributed by atoms with Crippen molar-refractivity contribution in [2.45, 2.75) is 39.5 Å². The first kappa shape index (κ1) is 24.1. The van der Waals surface area contributed by atoms with Gasteiger partial charge < -0.3 is 19.9 Å². The van der Waals surface area contributed by atoms with E-state index in [1.54, 1.807) is 22.7 Å². The maximum Gasteiger partial charge on any atom is 0.387 e. The number of nitrogens with zero attached hydrogens (tertiary/aromatic N) is 3. The molecule has 7 nitrogen and oxygen atoms in total. The third-order valence-corrected chi connectivity index (χ3v) is 5.91. The van der Waals surface area contributed by atoms with E-state index in [0.717, 1.165) is 11.3 Å². The lowest BCUT2D eigenvalue weighted by molar-refractivity contribution is -0.0507. The van der Waals surface area contributed by atoms with Crippen LogP contribution in [0.3, 0.4) is 0 Å². The van der Waals surface area contributed by atoms with Crippen molar-refractivity contribution in [3.05, 3.63) is 77.6 Å². The summed E-state index contributed by atoms with van der Waals surface area (Å²) in [6, 6.07) is 17.4. The molecular formula is C27H28F2N4O3. The first-order valence-corrected chi connectivity index (χ1v) is 11.8. The molecule has 0 aliphatic carbocycles. The molecule has 0 fully saturated rings. The van der Waals surface area contributed by atoms with Gasteiger partial charge in [0.1, 0.15) is 17.6 Å². The van der Waals surface area contributed by atoms with Gasteiger partial charge in [-0.3, -0.25) is 0 Å². The van der Waals surface area contributed by atoms with Crippen molar-refractivity contribution in [3.63, 3.8) is 0 Å². The van der Waals surface area contributed by atoms with Crippen LogP contribution in [-0.2, 0) is 0 Å². The Bertz CT molecular complexity index is 1370. The topological polar surface area (TPSA) is 80.9 Å². The molecular weight excluding hydrogens is 466 g/mol. The number of aliphatic hydroxyl groups is 1. The summed E-state index contributed by atoms with van der Waals surface area (Å²) < 4.78 is 38.5. The first-order valence-electron chi connectivity index (χ1n) is 11.8. The van der Waals surface area contributed by atoms with Crippen LogP contribution in [0.4, 0.5) is 8.78 Å². The normalized spacial score (nSPS) is 17.9. The van der Waals surface area contributed by atoms with Crippen molar-refractivity contribution >= 4 is 5.65 Å². The summed E-state index contributed by atoms with van der Waals surface area (Å²) in [5.41, 5.74) is 3.74. The average molecular weight is 495 g/mol. The molecule has 0 bridgehead atoms. The van der Waals surface area contributed by atoms with Crippen molar-refractivity contribution in [2.75, 3.05) is 13.2 Å². The number of fused-ring (bicyclic) bond motifs is 3. The van der Waals surface area contributed by atoms with Gasteiger partial charge in [0, 0.05) is 17.7 Å². The van der Waals surface area contributed by atoms with Gasteiger partial charge in [-0.05, 0) is 47.9 Å². The molecule has 0 spiro atoms. The van der Waals surface area contributed by atoms with Crippen molar-refractivity contribution in [1.29, 1.82) is 0 Å². The maximum absolute atomic E-state index is 13.1. The lowest BCUT2D eigenvalue weighted by Crippen LogP contribution is -2.35. The van der Waals surface area contributed by atoms with Crippen LogP contribution >= 0.6 is 0 Å². The lowest BCUT2D eigenvalue weighted by atomic mass is 9.96. The minimum absolute atomic E-state index is 0.0554. The van der Waals surface area contributed by atoms with E-state index in [9.17, 15) is 13.9 Å². The highest BCUT2D eigenvalue weighted by atomic mass is 19.3. The molecule has 2 aromatic heterocycles. The molecule has 4 aromatic rings. The zero-order valence-corrected chi connectivity index (χ0v) is 20.3. The van der Waals surface area contributed by atoms with Gasteiger partial charge in [-0.1, -0.05) is 39.0 Å². The van der Waals surface area contributed by atoms with E-state index in [1.807, 2.05) is 36.4 Å². The van der Waals surface area contributed by atoms with Crippen molar-refractivity contribution in [1.82, 2.24) is 19.9 Å². The van der Waals surface area contributed by atoms with E-state index >= 15 is 0 Å². The standard InChI is InChI=1S/C27H28F2N4O3/c1-27(2,3)15-35-17-10-8-16(9-11-17)19-12-13-22-31-24-20(34)14-30-23(25(24)33(22)32-19)18-6-4-5-7-21(18)36-26(28)29/h4-13,20,23,26,30,34H,14-15H2,1-3H3/t20-,23-/m1/s1. The highest BCUT2D eigenvalue weighted by molar-refractivity contribution is 5.62. The number of aliphatic hydroxyl groups excluding tert-OH is 1. The zero-order chi connectivity index (χ0) is 25.4. The van der Waals surface area contributed by atoms with E-state index < -0.39 is 18.8 Å². The minimum atomic E-state index is -2.96. The Hall–Kier alpha value is -3.56. The average Bonchev–Trinajstić information content (AvgIpc) is 3.23. The number of halogens is 2. The fourth-order valence-electron chi connectivity index (χ4n) is 4.26. The molecule has 188 valence electrons. The summed E-state index contributed by atoms with van der Waals surface area (Å²) in [5.74, 6) is 0.835. The summed E-state index contributed by atoms with van der Waals surface area (Å²) in [6.07, 6.45) is -0.858. The number of ether oxygens (including phenoxy) is 2. The Morgan fingerprint density at radius 3 is 2.56 bits per heavy atom. The highest BCUT2D eigenvalue weighted by Gasteiger charge is 2.34. The number of rotatable bonds is 6. The van der Waals surface area contributed by atoms with Crippen LogP contribution in [0.1, 0.15) is 49.9 Å².